The Kier molecular flexibility index (Phi) is 8.21. The number of fused-ring (bicyclic) bond motifs is 1. The molecule has 6 nitrogen and oxygen atoms in total. The summed E-state index contributed by atoms with van der Waals surface area (Å²) in [6.07, 6.45) is 8.15. The number of carbonyl (C=O) groups excluding carboxylic acids is 1. The first-order chi connectivity index (χ1) is 16.1. The molecule has 0 saturated carbocycles. The second kappa shape index (κ2) is 10.7. The molecule has 6 heteroatoms. The largest absolute Gasteiger partial charge is 0.506 e. The third-order valence-corrected chi connectivity index (χ3v) is 6.93. The number of carbonyl (C=O) groups is 1. The molecule has 3 rings (SSSR count). The van der Waals surface area contributed by atoms with Gasteiger partial charge in [-0.25, -0.2) is 0 Å². The number of esters is 1. The highest BCUT2D eigenvalue weighted by Gasteiger charge is 2.37. The summed E-state index contributed by atoms with van der Waals surface area (Å²) in [6, 6.07) is 7.67. The number of aliphatic hydroxyl groups excluding tert-OH is 1. The molecule has 1 aliphatic carbocycles. The molecule has 0 radical (unpaired) electrons. The van der Waals surface area contributed by atoms with Crippen molar-refractivity contribution in [2.75, 3.05) is 6.61 Å². The van der Waals surface area contributed by atoms with E-state index in [9.17, 15) is 9.90 Å². The molecule has 1 aromatic carbocycles. The van der Waals surface area contributed by atoms with Gasteiger partial charge in [0.25, 0.3) is 0 Å². The number of aromatic nitrogens is 3. The highest BCUT2D eigenvalue weighted by Crippen LogP contribution is 2.47. The lowest BCUT2D eigenvalue weighted by molar-refractivity contribution is -0.145. The van der Waals surface area contributed by atoms with Crippen molar-refractivity contribution in [1.29, 1.82) is 0 Å². The smallest absolute Gasteiger partial charge is 0.305 e. The molecule has 0 amide bonds. The van der Waals surface area contributed by atoms with Crippen LogP contribution in [-0.4, -0.2) is 32.7 Å². The van der Waals surface area contributed by atoms with E-state index < -0.39 is 0 Å². The van der Waals surface area contributed by atoms with Gasteiger partial charge in [-0.1, -0.05) is 72.9 Å². The van der Waals surface area contributed by atoms with Crippen LogP contribution in [0.15, 0.2) is 41.7 Å². The van der Waals surface area contributed by atoms with E-state index in [1.165, 1.54) is 11.2 Å². The van der Waals surface area contributed by atoms with Crippen molar-refractivity contribution in [3.05, 3.63) is 41.7 Å². The lowest BCUT2D eigenvalue weighted by Gasteiger charge is -2.37. The minimum Gasteiger partial charge on any atom is -0.506 e. The maximum absolute atomic E-state index is 12.6. The van der Waals surface area contributed by atoms with Gasteiger partial charge in [0, 0.05) is 6.42 Å². The zero-order valence-electron chi connectivity index (χ0n) is 21.7. The molecule has 2 aromatic rings. The maximum atomic E-state index is 12.6. The predicted octanol–water partition coefficient (Wildman–Crippen LogP) is 7.08. The van der Waals surface area contributed by atoms with Gasteiger partial charge in [0.2, 0.25) is 0 Å². The van der Waals surface area contributed by atoms with Gasteiger partial charge >= 0.3 is 5.97 Å². The van der Waals surface area contributed by atoms with Crippen LogP contribution in [0.1, 0.15) is 86.5 Å². The van der Waals surface area contributed by atoms with E-state index in [0.29, 0.717) is 37.5 Å². The summed E-state index contributed by atoms with van der Waals surface area (Å²) in [4.78, 5) is 14.1. The number of hydrogen-bond donors (Lipinski definition) is 1. The Labute approximate surface area is 204 Å². The van der Waals surface area contributed by atoms with E-state index in [0.717, 1.165) is 35.9 Å². The van der Waals surface area contributed by atoms with Gasteiger partial charge in [0.05, 0.1) is 6.61 Å². The van der Waals surface area contributed by atoms with Crippen molar-refractivity contribution in [3.63, 3.8) is 0 Å². The van der Waals surface area contributed by atoms with Crippen LogP contribution in [0.5, 0.6) is 0 Å². The van der Waals surface area contributed by atoms with E-state index in [2.05, 4.69) is 51.7 Å². The Morgan fingerprint density at radius 2 is 1.85 bits per heavy atom. The third kappa shape index (κ3) is 6.28. The second-order valence-electron chi connectivity index (χ2n) is 11.0. The predicted molar refractivity (Wildman–Crippen MR) is 137 cm³/mol. The summed E-state index contributed by atoms with van der Waals surface area (Å²) in [5.74, 6) is 0.521. The highest BCUT2D eigenvalue weighted by molar-refractivity contribution is 5.75. The monoisotopic (exact) mass is 467 g/mol. The van der Waals surface area contributed by atoms with Crippen LogP contribution in [0, 0.1) is 16.7 Å². The Hall–Kier alpha value is -2.63. The molecule has 2 unspecified atom stereocenters. The zero-order valence-corrected chi connectivity index (χ0v) is 21.7. The molecule has 1 aliphatic rings. The Morgan fingerprint density at radius 1 is 1.21 bits per heavy atom. The Balaban J connectivity index is 1.79. The summed E-state index contributed by atoms with van der Waals surface area (Å²) in [5, 5.41) is 20.4. The fourth-order valence-corrected chi connectivity index (χ4v) is 4.56. The fraction of sp³-hybridized carbons (Fsp3) is 0.607. The molecule has 0 spiro atoms. The SMILES string of the molecule is CCCCC(CC)COC(=O)CCC1(C)C=C(n2nc3ccccc3n2)C(O)=C(C(C)(C)C)C1. The lowest BCUT2D eigenvalue weighted by atomic mass is 9.69. The highest BCUT2D eigenvalue weighted by atomic mass is 16.5. The van der Waals surface area contributed by atoms with Gasteiger partial charge in [-0.05, 0) is 59.8 Å². The van der Waals surface area contributed by atoms with Crippen molar-refractivity contribution < 1.29 is 14.6 Å². The number of allylic oxidation sites excluding steroid dienone is 3. The van der Waals surface area contributed by atoms with Gasteiger partial charge < -0.3 is 9.84 Å². The van der Waals surface area contributed by atoms with E-state index in [1.807, 2.05) is 30.3 Å². The zero-order chi connectivity index (χ0) is 24.9. The molecule has 1 N–H and O–H groups in total. The van der Waals surface area contributed by atoms with Gasteiger partial charge in [-0.3, -0.25) is 4.79 Å². The fourth-order valence-electron chi connectivity index (χ4n) is 4.56. The van der Waals surface area contributed by atoms with Gasteiger partial charge in [-0.2, -0.15) is 0 Å². The topological polar surface area (TPSA) is 77.2 Å². The number of rotatable bonds is 10. The molecule has 0 bridgehead atoms. The van der Waals surface area contributed by atoms with Crippen LogP contribution < -0.4 is 0 Å². The summed E-state index contributed by atoms with van der Waals surface area (Å²) >= 11 is 0. The number of benzene rings is 1. The minimum atomic E-state index is -0.324. The average molecular weight is 468 g/mol. The van der Waals surface area contributed by atoms with Crippen molar-refractivity contribution in [1.82, 2.24) is 15.0 Å². The third-order valence-electron chi connectivity index (χ3n) is 6.93. The number of ether oxygens (including phenoxy) is 1. The number of nitrogens with zero attached hydrogens (tertiary/aromatic N) is 3. The molecule has 2 atom stereocenters. The van der Waals surface area contributed by atoms with Crippen molar-refractivity contribution in [3.8, 4) is 0 Å². The van der Waals surface area contributed by atoms with Gasteiger partial charge in [-0.15, -0.1) is 15.0 Å². The minimum absolute atomic E-state index is 0.148. The lowest BCUT2D eigenvalue weighted by Crippen LogP contribution is -2.28. The summed E-state index contributed by atoms with van der Waals surface area (Å²) in [6.45, 7) is 13.3. The molecule has 0 fully saturated rings. The molecule has 1 heterocycles. The first kappa shape index (κ1) is 26.0. The molecule has 34 heavy (non-hydrogen) atoms. The molecular formula is C28H41N3O3. The average Bonchev–Trinajstić information content (AvgIpc) is 3.23. The number of unbranched alkanes of at least 4 members (excludes halogenated alkanes) is 1. The van der Waals surface area contributed by atoms with Crippen LogP contribution in [0.25, 0.3) is 16.7 Å². The van der Waals surface area contributed by atoms with E-state index >= 15 is 0 Å². The van der Waals surface area contributed by atoms with Crippen LogP contribution >= 0.6 is 0 Å². The quantitative estimate of drug-likeness (QED) is 0.378. The summed E-state index contributed by atoms with van der Waals surface area (Å²) < 4.78 is 5.64. The van der Waals surface area contributed by atoms with Crippen LogP contribution in [0.3, 0.4) is 0 Å². The molecular weight excluding hydrogens is 426 g/mol. The van der Waals surface area contributed by atoms with Crippen molar-refractivity contribution >= 4 is 22.7 Å². The Bertz CT molecular complexity index is 1030. The molecule has 1 aromatic heterocycles. The number of hydrogen-bond acceptors (Lipinski definition) is 5. The van der Waals surface area contributed by atoms with E-state index in [4.69, 9.17) is 4.74 Å². The first-order valence-electron chi connectivity index (χ1n) is 12.7. The molecule has 0 aliphatic heterocycles. The van der Waals surface area contributed by atoms with Crippen LogP contribution in [0.4, 0.5) is 0 Å². The normalized spacial score (nSPS) is 19.9. The molecule has 186 valence electrons. The van der Waals surface area contributed by atoms with E-state index in [-0.39, 0.29) is 22.6 Å². The Morgan fingerprint density at radius 3 is 2.41 bits per heavy atom. The summed E-state index contributed by atoms with van der Waals surface area (Å²) in [5.41, 5.74) is 2.53. The standard InChI is InChI=1S/C28H41N3O3/c1-7-9-12-20(8-2)19-34-25(32)15-16-28(6)17-21(27(3,4)5)26(33)24(18-28)31-29-22-13-10-11-14-23(22)30-31/h10-11,13-14,18,20,33H,7-9,12,15-17,19H2,1-6H3. The van der Waals surface area contributed by atoms with Gasteiger partial charge in [0.15, 0.2) is 0 Å². The van der Waals surface area contributed by atoms with Crippen LogP contribution in [0.2, 0.25) is 0 Å². The van der Waals surface area contributed by atoms with Crippen LogP contribution in [-0.2, 0) is 9.53 Å². The second-order valence-corrected chi connectivity index (χ2v) is 11.0. The maximum Gasteiger partial charge on any atom is 0.305 e. The molecule has 0 saturated heterocycles. The summed E-state index contributed by atoms with van der Waals surface area (Å²) in [7, 11) is 0. The first-order valence-corrected chi connectivity index (χ1v) is 12.7. The van der Waals surface area contributed by atoms with Gasteiger partial charge in [0.1, 0.15) is 22.5 Å². The van der Waals surface area contributed by atoms with Crippen molar-refractivity contribution in [2.24, 2.45) is 16.7 Å². The van der Waals surface area contributed by atoms with Crippen molar-refractivity contribution in [2.45, 2.75) is 86.5 Å². The van der Waals surface area contributed by atoms with E-state index in [1.54, 1.807) is 0 Å². The number of aliphatic hydroxyl groups is 1.